The van der Waals surface area contributed by atoms with E-state index in [9.17, 15) is 4.79 Å². The van der Waals surface area contributed by atoms with Crippen molar-refractivity contribution < 1.29 is 4.79 Å². The Morgan fingerprint density at radius 1 is 1.19 bits per heavy atom. The van der Waals surface area contributed by atoms with Crippen molar-refractivity contribution in [2.75, 3.05) is 0 Å². The first-order valence-electron chi connectivity index (χ1n) is 10.2. The molecule has 0 unspecified atom stereocenters. The molecule has 2 heterocycles. The average Bonchev–Trinajstić information content (AvgIpc) is 3.04. The van der Waals surface area contributed by atoms with Crippen LogP contribution in [0.2, 0.25) is 0 Å². The Morgan fingerprint density at radius 2 is 1.96 bits per heavy atom. The van der Waals surface area contributed by atoms with Crippen LogP contribution in [0.4, 0.5) is 0 Å². The van der Waals surface area contributed by atoms with Crippen LogP contribution in [0.3, 0.4) is 0 Å². The SMILES string of the molecule is CCCCCC[C@H]1CC[C@H](NC(=O)c2cnc3c(C)cc(C)nn23)CC1. The third-order valence-corrected chi connectivity index (χ3v) is 5.65. The number of imidazole rings is 1. The molecule has 1 saturated carbocycles. The first kappa shape index (κ1) is 18.9. The minimum atomic E-state index is -0.0543. The van der Waals surface area contributed by atoms with Crippen molar-refractivity contribution in [3.63, 3.8) is 0 Å². The van der Waals surface area contributed by atoms with Gasteiger partial charge in [0, 0.05) is 6.04 Å². The van der Waals surface area contributed by atoms with E-state index in [4.69, 9.17) is 0 Å². The molecule has 26 heavy (non-hydrogen) atoms. The molecule has 3 rings (SSSR count). The lowest BCUT2D eigenvalue weighted by Crippen LogP contribution is -2.38. The van der Waals surface area contributed by atoms with E-state index in [1.165, 1.54) is 44.9 Å². The molecule has 5 heteroatoms. The van der Waals surface area contributed by atoms with Gasteiger partial charge in [-0.2, -0.15) is 5.10 Å². The molecule has 1 aliphatic carbocycles. The van der Waals surface area contributed by atoms with E-state index in [0.717, 1.165) is 35.7 Å². The molecular weight excluding hydrogens is 324 g/mol. The van der Waals surface area contributed by atoms with Crippen LogP contribution in [0, 0.1) is 19.8 Å². The summed E-state index contributed by atoms with van der Waals surface area (Å²) in [4.78, 5) is 17.1. The fraction of sp³-hybridized carbons (Fsp3) is 0.667. The van der Waals surface area contributed by atoms with E-state index in [2.05, 4.69) is 22.3 Å². The smallest absolute Gasteiger partial charge is 0.271 e. The Hall–Kier alpha value is -1.91. The number of aryl methyl sites for hydroxylation is 2. The second kappa shape index (κ2) is 8.65. The van der Waals surface area contributed by atoms with Gasteiger partial charge in [0.25, 0.3) is 5.91 Å². The number of aromatic nitrogens is 3. The molecule has 1 N–H and O–H groups in total. The predicted molar refractivity (Wildman–Crippen MR) is 104 cm³/mol. The summed E-state index contributed by atoms with van der Waals surface area (Å²) in [6.45, 7) is 6.20. The second-order valence-corrected chi connectivity index (χ2v) is 7.89. The molecule has 2 aromatic heterocycles. The summed E-state index contributed by atoms with van der Waals surface area (Å²) < 4.78 is 1.68. The van der Waals surface area contributed by atoms with Gasteiger partial charge in [-0.1, -0.05) is 39.0 Å². The second-order valence-electron chi connectivity index (χ2n) is 7.89. The predicted octanol–water partition coefficient (Wildman–Crippen LogP) is 4.61. The van der Waals surface area contributed by atoms with Crippen molar-refractivity contribution in [1.82, 2.24) is 19.9 Å². The van der Waals surface area contributed by atoms with Crippen LogP contribution in [0.1, 0.15) is 86.5 Å². The molecule has 5 nitrogen and oxygen atoms in total. The minimum Gasteiger partial charge on any atom is -0.348 e. The van der Waals surface area contributed by atoms with Crippen molar-refractivity contribution in [3.8, 4) is 0 Å². The molecule has 0 atom stereocenters. The maximum Gasteiger partial charge on any atom is 0.271 e. The number of nitrogens with one attached hydrogen (secondary N) is 1. The number of rotatable bonds is 7. The van der Waals surface area contributed by atoms with Gasteiger partial charge in [-0.3, -0.25) is 4.79 Å². The number of nitrogens with zero attached hydrogens (tertiary/aromatic N) is 3. The number of hydrogen-bond donors (Lipinski definition) is 1. The zero-order valence-corrected chi connectivity index (χ0v) is 16.4. The van der Waals surface area contributed by atoms with Gasteiger partial charge in [0.1, 0.15) is 5.69 Å². The molecular formula is C21H32N4O. The molecule has 1 amide bonds. The normalized spacial score (nSPS) is 20.4. The van der Waals surface area contributed by atoms with Gasteiger partial charge in [-0.15, -0.1) is 0 Å². The van der Waals surface area contributed by atoms with Crippen molar-refractivity contribution in [2.45, 2.75) is 84.6 Å². The highest BCUT2D eigenvalue weighted by Crippen LogP contribution is 2.28. The van der Waals surface area contributed by atoms with Crippen LogP contribution in [-0.4, -0.2) is 26.5 Å². The Labute approximate surface area is 156 Å². The molecule has 0 saturated heterocycles. The quantitative estimate of drug-likeness (QED) is 0.737. The highest BCUT2D eigenvalue weighted by molar-refractivity contribution is 5.93. The topological polar surface area (TPSA) is 59.3 Å². The molecule has 0 aromatic carbocycles. The van der Waals surface area contributed by atoms with E-state index in [-0.39, 0.29) is 11.9 Å². The molecule has 1 fully saturated rings. The molecule has 0 radical (unpaired) electrons. The number of carbonyl (C=O) groups is 1. The van der Waals surface area contributed by atoms with Gasteiger partial charge in [0.05, 0.1) is 11.9 Å². The number of unbranched alkanes of at least 4 members (excludes halogenated alkanes) is 3. The molecule has 1 aliphatic rings. The van der Waals surface area contributed by atoms with Gasteiger partial charge in [-0.25, -0.2) is 9.50 Å². The Morgan fingerprint density at radius 3 is 2.69 bits per heavy atom. The molecule has 2 aromatic rings. The lowest BCUT2D eigenvalue weighted by atomic mass is 9.83. The van der Waals surface area contributed by atoms with Crippen molar-refractivity contribution >= 4 is 11.6 Å². The maximum absolute atomic E-state index is 12.7. The Bertz CT molecular complexity index is 744. The standard InChI is InChI=1S/C21H32N4O/c1-4-5-6-7-8-17-9-11-18(12-10-17)23-21(26)19-14-22-20-15(2)13-16(3)24-25(19)20/h13-14,17-18H,4-12H2,1-3H3,(H,23,26)/t17-,18-. The van der Waals surface area contributed by atoms with Crippen molar-refractivity contribution in [3.05, 3.63) is 29.2 Å². The van der Waals surface area contributed by atoms with Crippen LogP contribution in [-0.2, 0) is 0 Å². The van der Waals surface area contributed by atoms with Crippen molar-refractivity contribution in [2.24, 2.45) is 5.92 Å². The first-order chi connectivity index (χ1) is 12.6. The summed E-state index contributed by atoms with van der Waals surface area (Å²) in [6, 6.07) is 2.28. The molecule has 0 bridgehead atoms. The minimum absolute atomic E-state index is 0.0543. The summed E-state index contributed by atoms with van der Waals surface area (Å²) in [6.07, 6.45) is 13.0. The van der Waals surface area contributed by atoms with Gasteiger partial charge in [0.15, 0.2) is 5.65 Å². The molecule has 0 aliphatic heterocycles. The van der Waals surface area contributed by atoms with Crippen LogP contribution >= 0.6 is 0 Å². The lowest BCUT2D eigenvalue weighted by Gasteiger charge is -2.29. The fourth-order valence-electron chi connectivity index (χ4n) is 4.15. The summed E-state index contributed by atoms with van der Waals surface area (Å²) in [5.74, 6) is 0.796. The highest BCUT2D eigenvalue weighted by Gasteiger charge is 2.24. The lowest BCUT2D eigenvalue weighted by molar-refractivity contribution is 0.0914. The third kappa shape index (κ3) is 4.43. The van der Waals surface area contributed by atoms with Gasteiger partial charge in [0.2, 0.25) is 0 Å². The Kier molecular flexibility index (Phi) is 6.28. The monoisotopic (exact) mass is 356 g/mol. The van der Waals surface area contributed by atoms with Gasteiger partial charge >= 0.3 is 0 Å². The van der Waals surface area contributed by atoms with E-state index in [0.29, 0.717) is 5.69 Å². The number of amides is 1. The summed E-state index contributed by atoms with van der Waals surface area (Å²) in [7, 11) is 0. The van der Waals surface area contributed by atoms with Gasteiger partial charge < -0.3 is 5.32 Å². The third-order valence-electron chi connectivity index (χ3n) is 5.65. The van der Waals surface area contributed by atoms with Crippen LogP contribution < -0.4 is 5.32 Å². The molecule has 142 valence electrons. The van der Waals surface area contributed by atoms with Gasteiger partial charge in [-0.05, 0) is 57.1 Å². The van der Waals surface area contributed by atoms with Crippen LogP contribution in [0.25, 0.3) is 5.65 Å². The van der Waals surface area contributed by atoms with Crippen molar-refractivity contribution in [1.29, 1.82) is 0 Å². The van der Waals surface area contributed by atoms with E-state index >= 15 is 0 Å². The summed E-state index contributed by atoms with van der Waals surface area (Å²) in [5.41, 5.74) is 3.23. The van der Waals surface area contributed by atoms with E-state index in [1.54, 1.807) is 10.7 Å². The van der Waals surface area contributed by atoms with Crippen LogP contribution in [0.15, 0.2) is 12.3 Å². The molecule has 0 spiro atoms. The number of carbonyl (C=O) groups excluding carboxylic acids is 1. The van der Waals surface area contributed by atoms with Crippen LogP contribution in [0.5, 0.6) is 0 Å². The zero-order valence-electron chi connectivity index (χ0n) is 16.4. The first-order valence-corrected chi connectivity index (χ1v) is 10.2. The number of hydrogen-bond acceptors (Lipinski definition) is 3. The Balaban J connectivity index is 1.53. The number of fused-ring (bicyclic) bond motifs is 1. The average molecular weight is 357 g/mol. The highest BCUT2D eigenvalue weighted by atomic mass is 16.2. The summed E-state index contributed by atoms with van der Waals surface area (Å²) in [5, 5.41) is 7.67. The largest absolute Gasteiger partial charge is 0.348 e. The fourth-order valence-corrected chi connectivity index (χ4v) is 4.15. The van der Waals surface area contributed by atoms with E-state index < -0.39 is 0 Å². The summed E-state index contributed by atoms with van der Waals surface area (Å²) >= 11 is 0. The zero-order chi connectivity index (χ0) is 18.5. The van der Waals surface area contributed by atoms with E-state index in [1.807, 2.05) is 19.9 Å². The maximum atomic E-state index is 12.7.